The Balaban J connectivity index is 4.14. The lowest BCUT2D eigenvalue weighted by molar-refractivity contribution is 1.08. The molecule has 0 heterocycles. The van der Waals surface area contributed by atoms with Gasteiger partial charge in [-0.2, -0.15) is 0 Å². The van der Waals surface area contributed by atoms with Crippen LogP contribution >= 0.6 is 0 Å². The Bertz CT molecular complexity index is 134. The zero-order valence-electron chi connectivity index (χ0n) is 6.02. The largest absolute Gasteiger partial charge is 0.403 e. The van der Waals surface area contributed by atoms with Crippen molar-refractivity contribution in [1.82, 2.24) is 0 Å². The molecule has 0 aromatic carbocycles. The van der Waals surface area contributed by atoms with Crippen molar-refractivity contribution in [2.45, 2.75) is 20.3 Å². The zero-order valence-corrected chi connectivity index (χ0v) is 6.02. The van der Waals surface area contributed by atoms with Crippen molar-refractivity contribution in [1.29, 1.82) is 0 Å². The van der Waals surface area contributed by atoms with E-state index >= 15 is 0 Å². The average molecular weight is 126 g/mol. The molecule has 4 N–H and O–H groups in total. The molecule has 0 spiro atoms. The number of hydrogen-bond acceptors (Lipinski definition) is 2. The molecule has 0 unspecified atom stereocenters. The molecule has 0 aliphatic rings. The standard InChI is InChI=1S/C7H14N2/c1-3-6(4-2)7(9)5-8/h3,5H,4,8-9H2,1-2H3/b6-3-,7-5+. The van der Waals surface area contributed by atoms with Crippen LogP contribution in [0.4, 0.5) is 0 Å². The quantitative estimate of drug-likeness (QED) is 0.544. The van der Waals surface area contributed by atoms with Gasteiger partial charge in [-0.3, -0.25) is 0 Å². The Morgan fingerprint density at radius 2 is 2.11 bits per heavy atom. The van der Waals surface area contributed by atoms with Crippen molar-refractivity contribution in [3.8, 4) is 0 Å². The van der Waals surface area contributed by atoms with Crippen LogP contribution in [0.3, 0.4) is 0 Å². The lowest BCUT2D eigenvalue weighted by Crippen LogP contribution is -2.02. The van der Waals surface area contributed by atoms with Gasteiger partial charge in [0.1, 0.15) is 0 Å². The Morgan fingerprint density at radius 3 is 2.22 bits per heavy atom. The third-order valence-corrected chi connectivity index (χ3v) is 1.28. The monoisotopic (exact) mass is 126 g/mol. The van der Waals surface area contributed by atoms with Crippen LogP contribution in [0.5, 0.6) is 0 Å². The van der Waals surface area contributed by atoms with Gasteiger partial charge < -0.3 is 11.5 Å². The summed E-state index contributed by atoms with van der Waals surface area (Å²) >= 11 is 0. The highest BCUT2D eigenvalue weighted by molar-refractivity contribution is 5.25. The molecule has 2 nitrogen and oxygen atoms in total. The summed E-state index contributed by atoms with van der Waals surface area (Å²) in [5.41, 5.74) is 12.5. The molecule has 0 radical (unpaired) electrons. The Kier molecular flexibility index (Phi) is 3.60. The predicted molar refractivity (Wildman–Crippen MR) is 40.5 cm³/mol. The summed E-state index contributed by atoms with van der Waals surface area (Å²) in [6.07, 6.45) is 4.34. The first-order valence-corrected chi connectivity index (χ1v) is 3.09. The van der Waals surface area contributed by atoms with Crippen LogP contribution in [-0.4, -0.2) is 0 Å². The topological polar surface area (TPSA) is 52.0 Å². The molecule has 0 aliphatic heterocycles. The summed E-state index contributed by atoms with van der Waals surface area (Å²) in [6.45, 7) is 4.00. The van der Waals surface area contributed by atoms with E-state index in [-0.39, 0.29) is 0 Å². The van der Waals surface area contributed by atoms with Crippen LogP contribution in [0.1, 0.15) is 20.3 Å². The summed E-state index contributed by atoms with van der Waals surface area (Å²) in [7, 11) is 0. The zero-order chi connectivity index (χ0) is 7.28. The Labute approximate surface area is 56.2 Å². The van der Waals surface area contributed by atoms with E-state index in [4.69, 9.17) is 11.5 Å². The average Bonchev–Trinajstić information content (AvgIpc) is 1.90. The molecule has 2 heteroatoms. The van der Waals surface area contributed by atoms with Crippen LogP contribution in [0.15, 0.2) is 23.5 Å². The van der Waals surface area contributed by atoms with Gasteiger partial charge in [-0.05, 0) is 18.9 Å². The SMILES string of the molecule is C/C=C(CC)\C(N)=C/N. The molecule has 0 amide bonds. The second kappa shape index (κ2) is 4.01. The molecule has 52 valence electrons. The molecule has 0 saturated heterocycles. The van der Waals surface area contributed by atoms with Gasteiger partial charge in [0.25, 0.3) is 0 Å². The molecule has 9 heavy (non-hydrogen) atoms. The van der Waals surface area contributed by atoms with Gasteiger partial charge in [0.05, 0.1) is 5.70 Å². The second-order valence-corrected chi connectivity index (χ2v) is 1.79. The van der Waals surface area contributed by atoms with Crippen LogP contribution < -0.4 is 11.5 Å². The van der Waals surface area contributed by atoms with Crippen LogP contribution in [-0.2, 0) is 0 Å². The van der Waals surface area contributed by atoms with Crippen molar-refractivity contribution in [2.24, 2.45) is 11.5 Å². The van der Waals surface area contributed by atoms with Gasteiger partial charge in [-0.15, -0.1) is 0 Å². The third-order valence-electron chi connectivity index (χ3n) is 1.28. The van der Waals surface area contributed by atoms with E-state index in [9.17, 15) is 0 Å². The third kappa shape index (κ3) is 2.22. The maximum absolute atomic E-state index is 5.51. The molecular formula is C7H14N2. The first-order chi connectivity index (χ1) is 4.26. The van der Waals surface area contributed by atoms with E-state index < -0.39 is 0 Å². The first-order valence-electron chi connectivity index (χ1n) is 3.09. The number of nitrogens with two attached hydrogens (primary N) is 2. The molecule has 0 rings (SSSR count). The van der Waals surface area contributed by atoms with Crippen LogP contribution in [0.2, 0.25) is 0 Å². The Morgan fingerprint density at radius 1 is 1.56 bits per heavy atom. The summed E-state index contributed by atoms with van der Waals surface area (Å²) in [6, 6.07) is 0. The fourth-order valence-electron chi connectivity index (χ4n) is 0.682. The van der Waals surface area contributed by atoms with E-state index in [2.05, 4.69) is 0 Å². The highest BCUT2D eigenvalue weighted by Crippen LogP contribution is 2.05. The van der Waals surface area contributed by atoms with E-state index in [0.717, 1.165) is 12.0 Å². The number of rotatable bonds is 2. The van der Waals surface area contributed by atoms with Crippen molar-refractivity contribution in [3.63, 3.8) is 0 Å². The molecule has 0 saturated carbocycles. The van der Waals surface area contributed by atoms with Gasteiger partial charge in [-0.1, -0.05) is 13.0 Å². The van der Waals surface area contributed by atoms with Crippen molar-refractivity contribution in [2.75, 3.05) is 0 Å². The summed E-state index contributed by atoms with van der Waals surface area (Å²) in [5.74, 6) is 0. The number of hydrogen-bond donors (Lipinski definition) is 2. The minimum Gasteiger partial charge on any atom is -0.403 e. The fraction of sp³-hybridized carbons (Fsp3) is 0.429. The molecular weight excluding hydrogens is 112 g/mol. The van der Waals surface area contributed by atoms with Gasteiger partial charge in [0, 0.05) is 6.20 Å². The first kappa shape index (κ1) is 8.08. The summed E-state index contributed by atoms with van der Waals surface area (Å²) in [4.78, 5) is 0. The van der Waals surface area contributed by atoms with Gasteiger partial charge in [0.2, 0.25) is 0 Å². The molecule has 0 aromatic rings. The maximum atomic E-state index is 5.51. The smallest absolute Gasteiger partial charge is 0.0500 e. The minimum absolute atomic E-state index is 0.681. The van der Waals surface area contributed by atoms with E-state index in [1.54, 1.807) is 0 Å². The molecule has 0 aliphatic carbocycles. The molecule has 0 bridgehead atoms. The van der Waals surface area contributed by atoms with Gasteiger partial charge >= 0.3 is 0 Å². The molecule has 0 atom stereocenters. The number of allylic oxidation sites excluding steroid dienone is 2. The van der Waals surface area contributed by atoms with Crippen LogP contribution in [0, 0.1) is 0 Å². The molecule has 0 fully saturated rings. The van der Waals surface area contributed by atoms with E-state index in [0.29, 0.717) is 5.70 Å². The van der Waals surface area contributed by atoms with Crippen LogP contribution in [0.25, 0.3) is 0 Å². The lowest BCUT2D eigenvalue weighted by atomic mass is 10.1. The minimum atomic E-state index is 0.681. The fourth-order valence-corrected chi connectivity index (χ4v) is 0.682. The van der Waals surface area contributed by atoms with Crippen molar-refractivity contribution in [3.05, 3.63) is 23.5 Å². The Hall–Kier alpha value is -0.920. The molecule has 0 aromatic heterocycles. The van der Waals surface area contributed by atoms with E-state index in [1.165, 1.54) is 6.20 Å². The summed E-state index contributed by atoms with van der Waals surface area (Å²) in [5, 5.41) is 0. The highest BCUT2D eigenvalue weighted by Gasteiger charge is 1.92. The van der Waals surface area contributed by atoms with Gasteiger partial charge in [-0.25, -0.2) is 0 Å². The maximum Gasteiger partial charge on any atom is 0.0500 e. The van der Waals surface area contributed by atoms with Crippen molar-refractivity contribution < 1.29 is 0 Å². The van der Waals surface area contributed by atoms with Crippen molar-refractivity contribution >= 4 is 0 Å². The second-order valence-electron chi connectivity index (χ2n) is 1.79. The van der Waals surface area contributed by atoms with Gasteiger partial charge in [0.15, 0.2) is 0 Å². The normalized spacial score (nSPS) is 14.0. The summed E-state index contributed by atoms with van der Waals surface area (Å²) < 4.78 is 0. The predicted octanol–water partition coefficient (Wildman–Crippen LogP) is 1.10. The van der Waals surface area contributed by atoms with E-state index in [1.807, 2.05) is 19.9 Å². The lowest BCUT2D eigenvalue weighted by Gasteiger charge is -2.00. The highest BCUT2D eigenvalue weighted by atomic mass is 14.6.